The normalized spacial score (nSPS) is 18.5. The van der Waals surface area contributed by atoms with Crippen molar-refractivity contribution in [2.24, 2.45) is 0 Å². The molecule has 2 heteroatoms. The Hall–Kier alpha value is -1.83. The molecule has 1 aliphatic carbocycles. The summed E-state index contributed by atoms with van der Waals surface area (Å²) in [5.41, 5.74) is 1.59. The Labute approximate surface area is 75.9 Å². The fourth-order valence-electron chi connectivity index (χ4n) is 1.14. The van der Waals surface area contributed by atoms with Gasteiger partial charge in [0.25, 0.3) is 0 Å². The molecule has 0 atom stereocenters. The average Bonchev–Trinajstić information content (AvgIpc) is 2.61. The molecule has 1 aliphatic rings. The highest BCUT2D eigenvalue weighted by molar-refractivity contribution is 6.10. The first-order valence-corrected chi connectivity index (χ1v) is 3.99. The molecule has 0 radical (unpaired) electrons. The second-order valence-electron chi connectivity index (χ2n) is 2.74. The van der Waals surface area contributed by atoms with Crippen LogP contribution >= 0.6 is 0 Å². The molecule has 1 heterocycles. The van der Waals surface area contributed by atoms with Gasteiger partial charge in [0.1, 0.15) is 0 Å². The predicted octanol–water partition coefficient (Wildman–Crippen LogP) is 2.36. The lowest BCUT2D eigenvalue weighted by atomic mass is 10.0. The summed E-state index contributed by atoms with van der Waals surface area (Å²) < 4.78 is 4.89. The minimum atomic E-state index is 0.0312. The minimum absolute atomic E-state index is 0.0312. The minimum Gasteiger partial charge on any atom is -0.472 e. The van der Waals surface area contributed by atoms with Crippen molar-refractivity contribution >= 4 is 11.9 Å². The molecule has 0 aliphatic heterocycles. The molecular formula is C11H8O2. The van der Waals surface area contributed by atoms with E-state index in [1.807, 2.05) is 12.1 Å². The second-order valence-corrected chi connectivity index (χ2v) is 2.74. The lowest BCUT2D eigenvalue weighted by molar-refractivity contribution is -0.111. The van der Waals surface area contributed by atoms with E-state index in [2.05, 4.69) is 0 Å². The van der Waals surface area contributed by atoms with Gasteiger partial charge in [-0.1, -0.05) is 18.2 Å². The van der Waals surface area contributed by atoms with Crippen LogP contribution in [0.2, 0.25) is 0 Å². The van der Waals surface area contributed by atoms with E-state index in [4.69, 9.17) is 4.42 Å². The van der Waals surface area contributed by atoms with Crippen LogP contribution in [0.3, 0.4) is 0 Å². The van der Waals surface area contributed by atoms with Crippen LogP contribution in [0.1, 0.15) is 5.56 Å². The van der Waals surface area contributed by atoms with E-state index in [1.54, 1.807) is 36.8 Å². The SMILES string of the molecule is O=C1C=CC=C/C1=C/c1ccoc1. The van der Waals surface area contributed by atoms with Crippen molar-refractivity contribution in [2.45, 2.75) is 0 Å². The van der Waals surface area contributed by atoms with Crippen molar-refractivity contribution in [3.05, 3.63) is 54.0 Å². The fourth-order valence-corrected chi connectivity index (χ4v) is 1.14. The Morgan fingerprint density at radius 3 is 2.77 bits per heavy atom. The molecule has 64 valence electrons. The molecule has 0 fully saturated rings. The predicted molar refractivity (Wildman–Crippen MR) is 50.0 cm³/mol. The van der Waals surface area contributed by atoms with Gasteiger partial charge in [0, 0.05) is 11.1 Å². The number of rotatable bonds is 1. The van der Waals surface area contributed by atoms with Gasteiger partial charge in [-0.3, -0.25) is 4.79 Å². The van der Waals surface area contributed by atoms with Crippen molar-refractivity contribution in [2.75, 3.05) is 0 Å². The summed E-state index contributed by atoms with van der Waals surface area (Å²) in [6, 6.07) is 1.81. The fraction of sp³-hybridized carbons (Fsp3) is 0. The first-order chi connectivity index (χ1) is 6.36. The topological polar surface area (TPSA) is 30.2 Å². The maximum Gasteiger partial charge on any atom is 0.185 e. The molecule has 0 unspecified atom stereocenters. The second kappa shape index (κ2) is 3.27. The third-order valence-electron chi connectivity index (χ3n) is 1.78. The maximum atomic E-state index is 11.3. The summed E-state index contributed by atoms with van der Waals surface area (Å²) in [6.07, 6.45) is 11.9. The third-order valence-corrected chi connectivity index (χ3v) is 1.78. The van der Waals surface area contributed by atoms with Gasteiger partial charge in [0.2, 0.25) is 0 Å². The van der Waals surface area contributed by atoms with Gasteiger partial charge in [0.05, 0.1) is 12.5 Å². The van der Waals surface area contributed by atoms with E-state index in [1.165, 1.54) is 0 Å². The smallest absolute Gasteiger partial charge is 0.185 e. The summed E-state index contributed by atoms with van der Waals surface area (Å²) in [5, 5.41) is 0. The van der Waals surface area contributed by atoms with Crippen LogP contribution in [-0.2, 0) is 4.79 Å². The Morgan fingerprint density at radius 2 is 2.08 bits per heavy atom. The molecule has 1 aromatic rings. The molecular weight excluding hydrogens is 164 g/mol. The number of allylic oxidation sites excluding steroid dienone is 5. The van der Waals surface area contributed by atoms with Gasteiger partial charge in [-0.2, -0.15) is 0 Å². The van der Waals surface area contributed by atoms with Crippen molar-refractivity contribution in [1.29, 1.82) is 0 Å². The zero-order chi connectivity index (χ0) is 9.10. The lowest BCUT2D eigenvalue weighted by Gasteiger charge is -1.98. The molecule has 2 nitrogen and oxygen atoms in total. The van der Waals surface area contributed by atoms with Crippen LogP contribution in [-0.4, -0.2) is 5.78 Å². The number of carbonyl (C=O) groups excluding carboxylic acids is 1. The Morgan fingerprint density at radius 1 is 1.23 bits per heavy atom. The van der Waals surface area contributed by atoms with Crippen molar-refractivity contribution in [3.8, 4) is 0 Å². The standard InChI is InChI=1S/C11H8O2/c12-11-4-2-1-3-10(11)7-9-5-6-13-8-9/h1-8H/b10-7-. The highest BCUT2D eigenvalue weighted by Crippen LogP contribution is 2.12. The Balaban J connectivity index is 2.31. The monoisotopic (exact) mass is 172 g/mol. The van der Waals surface area contributed by atoms with E-state index in [9.17, 15) is 4.79 Å². The molecule has 0 bridgehead atoms. The van der Waals surface area contributed by atoms with Crippen LogP contribution in [0.5, 0.6) is 0 Å². The first kappa shape index (κ1) is 7.80. The molecule has 0 N–H and O–H groups in total. The highest BCUT2D eigenvalue weighted by Gasteiger charge is 2.04. The van der Waals surface area contributed by atoms with E-state index < -0.39 is 0 Å². The van der Waals surface area contributed by atoms with Gasteiger partial charge in [-0.25, -0.2) is 0 Å². The number of hydrogen-bond donors (Lipinski definition) is 0. The number of furan rings is 1. The molecule has 1 aromatic heterocycles. The molecule has 13 heavy (non-hydrogen) atoms. The Kier molecular flexibility index (Phi) is 1.96. The molecule has 0 aromatic carbocycles. The van der Waals surface area contributed by atoms with Crippen LogP contribution < -0.4 is 0 Å². The van der Waals surface area contributed by atoms with Crippen molar-refractivity contribution in [3.63, 3.8) is 0 Å². The Bertz CT molecular complexity index is 392. The zero-order valence-electron chi connectivity index (χ0n) is 6.94. The van der Waals surface area contributed by atoms with E-state index in [0.717, 1.165) is 5.56 Å². The van der Waals surface area contributed by atoms with Crippen LogP contribution in [0, 0.1) is 0 Å². The quantitative estimate of drug-likeness (QED) is 0.608. The van der Waals surface area contributed by atoms with Crippen LogP contribution in [0.15, 0.2) is 52.9 Å². The summed E-state index contributed by atoms with van der Waals surface area (Å²) in [4.78, 5) is 11.3. The van der Waals surface area contributed by atoms with E-state index >= 15 is 0 Å². The number of carbonyl (C=O) groups is 1. The largest absolute Gasteiger partial charge is 0.472 e. The first-order valence-electron chi connectivity index (χ1n) is 3.99. The molecule has 0 amide bonds. The average molecular weight is 172 g/mol. The van der Waals surface area contributed by atoms with Crippen LogP contribution in [0.4, 0.5) is 0 Å². The van der Waals surface area contributed by atoms with Gasteiger partial charge in [-0.15, -0.1) is 0 Å². The zero-order valence-corrected chi connectivity index (χ0v) is 6.94. The van der Waals surface area contributed by atoms with Gasteiger partial charge >= 0.3 is 0 Å². The van der Waals surface area contributed by atoms with Crippen molar-refractivity contribution in [1.82, 2.24) is 0 Å². The van der Waals surface area contributed by atoms with E-state index in [0.29, 0.717) is 5.57 Å². The number of hydrogen-bond acceptors (Lipinski definition) is 2. The lowest BCUT2D eigenvalue weighted by Crippen LogP contribution is -1.97. The summed E-state index contributed by atoms with van der Waals surface area (Å²) in [7, 11) is 0. The van der Waals surface area contributed by atoms with Gasteiger partial charge in [0.15, 0.2) is 5.78 Å². The summed E-state index contributed by atoms with van der Waals surface area (Å²) >= 11 is 0. The van der Waals surface area contributed by atoms with Crippen molar-refractivity contribution < 1.29 is 9.21 Å². The van der Waals surface area contributed by atoms with Crippen LogP contribution in [0.25, 0.3) is 6.08 Å². The molecule has 0 spiro atoms. The van der Waals surface area contributed by atoms with Gasteiger partial charge in [-0.05, 0) is 18.2 Å². The maximum absolute atomic E-state index is 11.3. The number of ketones is 1. The summed E-state index contributed by atoms with van der Waals surface area (Å²) in [6.45, 7) is 0. The summed E-state index contributed by atoms with van der Waals surface area (Å²) in [5.74, 6) is 0.0312. The third kappa shape index (κ3) is 1.67. The molecule has 0 saturated heterocycles. The van der Waals surface area contributed by atoms with E-state index in [-0.39, 0.29) is 5.78 Å². The van der Waals surface area contributed by atoms with Gasteiger partial charge < -0.3 is 4.42 Å². The molecule has 2 rings (SSSR count). The molecule has 0 saturated carbocycles. The highest BCUT2D eigenvalue weighted by atomic mass is 16.3.